The van der Waals surface area contributed by atoms with E-state index in [0.717, 1.165) is 56.3 Å². The van der Waals surface area contributed by atoms with Gasteiger partial charge >= 0.3 is 7.60 Å². The molecule has 0 saturated heterocycles. The Labute approximate surface area is 307 Å². The summed E-state index contributed by atoms with van der Waals surface area (Å²) in [5.74, 6) is 3.13. The second-order valence-corrected chi connectivity index (χ2v) is 18.7. The van der Waals surface area contributed by atoms with Gasteiger partial charge in [-0.3, -0.25) is 4.57 Å². The topological polar surface area (TPSA) is 39.4 Å². The molecule has 4 atom stereocenters. The zero-order valence-corrected chi connectivity index (χ0v) is 34.9. The molecule has 288 valence electrons. The molecule has 4 nitrogen and oxygen atoms in total. The van der Waals surface area contributed by atoms with Crippen LogP contribution < -0.4 is 4.57 Å². The van der Waals surface area contributed by atoms with Crippen LogP contribution in [-0.2, 0) is 27.1 Å². The summed E-state index contributed by atoms with van der Waals surface area (Å²) in [6, 6.07) is 4.36. The van der Waals surface area contributed by atoms with Crippen molar-refractivity contribution in [2.24, 2.45) is 30.7 Å². The molecule has 0 amide bonds. The lowest BCUT2D eigenvalue weighted by molar-refractivity contribution is -0.671. The highest BCUT2D eigenvalue weighted by molar-refractivity contribution is 7.53. The average Bonchev–Trinajstić information content (AvgIpc) is 3.06. The third kappa shape index (κ3) is 28.6. The molecule has 0 N–H and O–H groups in total. The first-order valence-corrected chi connectivity index (χ1v) is 23.2. The number of hydrogen-bond donors (Lipinski definition) is 0. The van der Waals surface area contributed by atoms with Crippen LogP contribution in [0.2, 0.25) is 0 Å². The predicted octanol–water partition coefficient (Wildman–Crippen LogP) is 14.2. The molecule has 0 aliphatic rings. The smallest absolute Gasteiger partial charge is 0.309 e. The SMILES string of the molecule is CCCCCCCCCCCCCCOP(=O)(CCCCc1cc[n+](C)cc1)OCCC(C)CCCC(C)CCCC(C)CCCC(C)C. The van der Waals surface area contributed by atoms with Crippen molar-refractivity contribution in [1.82, 2.24) is 0 Å². The highest BCUT2D eigenvalue weighted by Gasteiger charge is 2.24. The first-order valence-electron chi connectivity index (χ1n) is 21.5. The fourth-order valence-electron chi connectivity index (χ4n) is 6.98. The van der Waals surface area contributed by atoms with Crippen LogP contribution in [0.3, 0.4) is 0 Å². The molecule has 1 aromatic heterocycles. The van der Waals surface area contributed by atoms with Gasteiger partial charge in [-0.2, -0.15) is 0 Å². The summed E-state index contributed by atoms with van der Waals surface area (Å²) in [6.07, 6.45) is 36.5. The van der Waals surface area contributed by atoms with Crippen LogP contribution in [-0.4, -0.2) is 19.4 Å². The predicted molar refractivity (Wildman–Crippen MR) is 215 cm³/mol. The number of hydrogen-bond acceptors (Lipinski definition) is 3. The normalized spacial score (nSPS) is 15.0. The quantitative estimate of drug-likeness (QED) is 0.0401. The van der Waals surface area contributed by atoms with Crippen molar-refractivity contribution in [3.63, 3.8) is 0 Å². The van der Waals surface area contributed by atoms with Crippen molar-refractivity contribution in [3.05, 3.63) is 30.1 Å². The van der Waals surface area contributed by atoms with Gasteiger partial charge in [-0.15, -0.1) is 0 Å². The van der Waals surface area contributed by atoms with Crippen LogP contribution in [0.1, 0.15) is 201 Å². The molecule has 0 aliphatic heterocycles. The van der Waals surface area contributed by atoms with Crippen LogP contribution in [0.5, 0.6) is 0 Å². The first kappa shape index (κ1) is 46.3. The minimum atomic E-state index is -3.07. The molecule has 1 rings (SSSR count). The van der Waals surface area contributed by atoms with Crippen LogP contribution in [0.25, 0.3) is 0 Å². The number of aryl methyl sites for hydroxylation is 2. The molecular formula is C44H85NO3P+. The van der Waals surface area contributed by atoms with E-state index < -0.39 is 7.60 Å². The number of unbranched alkanes of at least 4 members (excludes halogenated alkanes) is 12. The lowest BCUT2D eigenvalue weighted by Crippen LogP contribution is -2.25. The Balaban J connectivity index is 2.31. The highest BCUT2D eigenvalue weighted by atomic mass is 31.2. The molecule has 0 radical (unpaired) electrons. The summed E-state index contributed by atoms with van der Waals surface area (Å²) in [5, 5.41) is 0. The van der Waals surface area contributed by atoms with Gasteiger partial charge in [-0.05, 0) is 61.3 Å². The second kappa shape index (κ2) is 30.9. The summed E-state index contributed by atoms with van der Waals surface area (Å²) in [4.78, 5) is 0. The molecule has 1 aromatic rings. The summed E-state index contributed by atoms with van der Waals surface area (Å²) in [7, 11) is -1.02. The number of pyridine rings is 1. The van der Waals surface area contributed by atoms with Gasteiger partial charge in [0, 0.05) is 12.1 Å². The second-order valence-electron chi connectivity index (χ2n) is 16.5. The van der Waals surface area contributed by atoms with Gasteiger partial charge in [-0.25, -0.2) is 4.57 Å². The Morgan fingerprint density at radius 1 is 0.551 bits per heavy atom. The number of rotatable bonds is 35. The number of aromatic nitrogens is 1. The van der Waals surface area contributed by atoms with Gasteiger partial charge < -0.3 is 9.05 Å². The number of nitrogens with zero attached hydrogens (tertiary/aromatic N) is 1. The van der Waals surface area contributed by atoms with Crippen molar-refractivity contribution in [2.75, 3.05) is 19.4 Å². The lowest BCUT2D eigenvalue weighted by Gasteiger charge is -2.20. The van der Waals surface area contributed by atoms with E-state index in [1.807, 2.05) is 7.05 Å². The van der Waals surface area contributed by atoms with Gasteiger partial charge in [0.2, 0.25) is 0 Å². The maximum Gasteiger partial charge on any atom is 0.330 e. The molecule has 0 spiro atoms. The third-order valence-corrected chi connectivity index (χ3v) is 12.7. The fraction of sp³-hybridized carbons (Fsp3) is 0.886. The molecule has 0 bridgehead atoms. The first-order chi connectivity index (χ1) is 23.6. The lowest BCUT2D eigenvalue weighted by atomic mass is 9.91. The molecule has 0 aromatic carbocycles. The Morgan fingerprint density at radius 2 is 1.00 bits per heavy atom. The van der Waals surface area contributed by atoms with Crippen LogP contribution in [0, 0.1) is 23.7 Å². The zero-order valence-electron chi connectivity index (χ0n) is 34.0. The molecular weight excluding hydrogens is 621 g/mol. The maximum atomic E-state index is 13.8. The van der Waals surface area contributed by atoms with E-state index in [2.05, 4.69) is 70.6 Å². The summed E-state index contributed by atoms with van der Waals surface area (Å²) in [6.45, 7) is 15.3. The van der Waals surface area contributed by atoms with Gasteiger partial charge in [-0.1, -0.05) is 170 Å². The zero-order chi connectivity index (χ0) is 36.0. The molecule has 0 aliphatic carbocycles. The standard InChI is InChI=1S/C44H85NO3P/c1-8-9-10-11-12-13-14-15-16-17-18-20-37-47-49(46,39-21-19-31-44-32-35-45(7)36-33-44)48-38-34-43(6)30-24-29-42(5)28-23-27-41(4)26-22-25-40(2)3/h32-33,35-36,40-43H,8-31,34,37-39H2,1-7H3/q+1. The van der Waals surface area contributed by atoms with Crippen molar-refractivity contribution in [1.29, 1.82) is 0 Å². The van der Waals surface area contributed by atoms with Gasteiger partial charge in [0.05, 0.1) is 19.4 Å². The van der Waals surface area contributed by atoms with Gasteiger partial charge in [0.1, 0.15) is 7.05 Å². The van der Waals surface area contributed by atoms with Crippen molar-refractivity contribution in [3.8, 4) is 0 Å². The minimum Gasteiger partial charge on any atom is -0.309 e. The monoisotopic (exact) mass is 707 g/mol. The molecule has 0 saturated carbocycles. The third-order valence-electron chi connectivity index (χ3n) is 10.6. The van der Waals surface area contributed by atoms with E-state index in [4.69, 9.17) is 9.05 Å². The summed E-state index contributed by atoms with van der Waals surface area (Å²) in [5.41, 5.74) is 1.33. The van der Waals surface area contributed by atoms with Gasteiger partial charge in [0.25, 0.3) is 0 Å². The van der Waals surface area contributed by atoms with E-state index in [0.29, 0.717) is 25.3 Å². The Morgan fingerprint density at radius 3 is 1.51 bits per heavy atom. The Bertz CT molecular complexity index is 904. The minimum absolute atomic E-state index is 0.536. The van der Waals surface area contributed by atoms with Crippen molar-refractivity contribution >= 4 is 7.60 Å². The summed E-state index contributed by atoms with van der Waals surface area (Å²) >= 11 is 0. The molecule has 1 heterocycles. The maximum absolute atomic E-state index is 13.8. The molecule has 49 heavy (non-hydrogen) atoms. The average molecular weight is 707 g/mol. The summed E-state index contributed by atoms with van der Waals surface area (Å²) < 4.78 is 28.2. The van der Waals surface area contributed by atoms with Crippen molar-refractivity contribution < 1.29 is 18.2 Å². The van der Waals surface area contributed by atoms with E-state index in [1.165, 1.54) is 128 Å². The molecule has 5 heteroatoms. The van der Waals surface area contributed by atoms with E-state index in [1.54, 1.807) is 0 Å². The Hall–Kier alpha value is -0.700. The van der Waals surface area contributed by atoms with Crippen LogP contribution in [0.4, 0.5) is 0 Å². The molecule has 4 unspecified atom stereocenters. The Kier molecular flexibility index (Phi) is 29.2. The van der Waals surface area contributed by atoms with Crippen LogP contribution >= 0.6 is 7.60 Å². The van der Waals surface area contributed by atoms with E-state index in [-0.39, 0.29) is 0 Å². The molecule has 0 fully saturated rings. The largest absolute Gasteiger partial charge is 0.330 e. The van der Waals surface area contributed by atoms with Gasteiger partial charge in [0.15, 0.2) is 12.4 Å². The van der Waals surface area contributed by atoms with Crippen molar-refractivity contribution in [2.45, 2.75) is 202 Å². The highest BCUT2D eigenvalue weighted by Crippen LogP contribution is 2.49. The van der Waals surface area contributed by atoms with E-state index >= 15 is 0 Å². The van der Waals surface area contributed by atoms with Crippen LogP contribution in [0.15, 0.2) is 24.5 Å². The van der Waals surface area contributed by atoms with E-state index in [9.17, 15) is 4.57 Å². The fourth-order valence-corrected chi connectivity index (χ4v) is 8.71.